The number of carboxylic acids is 1. The molecule has 1 unspecified atom stereocenters. The zero-order chi connectivity index (χ0) is 12.1. The smallest absolute Gasteiger partial charge is 0.303 e. The topological polar surface area (TPSA) is 66.6 Å². The van der Waals surface area contributed by atoms with Gasteiger partial charge in [-0.15, -0.1) is 0 Å². The SMILES string of the molecule is CN(C)c1cccc(C(N)CCC(=O)O)c1. The summed E-state index contributed by atoms with van der Waals surface area (Å²) in [7, 11) is 3.92. The second-order valence-electron chi connectivity index (χ2n) is 4.03. The van der Waals surface area contributed by atoms with Crippen LogP contribution in [0.2, 0.25) is 0 Å². The van der Waals surface area contributed by atoms with Gasteiger partial charge in [-0.1, -0.05) is 12.1 Å². The van der Waals surface area contributed by atoms with Crippen LogP contribution in [0, 0.1) is 0 Å². The highest BCUT2D eigenvalue weighted by Gasteiger charge is 2.09. The second kappa shape index (κ2) is 5.51. The van der Waals surface area contributed by atoms with Crippen molar-refractivity contribution in [3.05, 3.63) is 29.8 Å². The predicted molar refractivity (Wildman–Crippen MR) is 64.6 cm³/mol. The lowest BCUT2D eigenvalue weighted by Crippen LogP contribution is -2.14. The molecule has 0 saturated carbocycles. The van der Waals surface area contributed by atoms with Gasteiger partial charge in [0.05, 0.1) is 0 Å². The van der Waals surface area contributed by atoms with Gasteiger partial charge in [0.2, 0.25) is 0 Å². The molecule has 0 fully saturated rings. The van der Waals surface area contributed by atoms with Crippen LogP contribution in [-0.2, 0) is 4.79 Å². The van der Waals surface area contributed by atoms with E-state index in [0.29, 0.717) is 6.42 Å². The summed E-state index contributed by atoms with van der Waals surface area (Å²) in [5.41, 5.74) is 7.98. The molecule has 16 heavy (non-hydrogen) atoms. The van der Waals surface area contributed by atoms with E-state index in [4.69, 9.17) is 10.8 Å². The van der Waals surface area contributed by atoms with Crippen molar-refractivity contribution in [1.82, 2.24) is 0 Å². The molecule has 88 valence electrons. The second-order valence-corrected chi connectivity index (χ2v) is 4.03. The van der Waals surface area contributed by atoms with Crippen LogP contribution in [-0.4, -0.2) is 25.2 Å². The van der Waals surface area contributed by atoms with E-state index in [-0.39, 0.29) is 12.5 Å². The van der Waals surface area contributed by atoms with E-state index in [1.807, 2.05) is 43.3 Å². The Kier molecular flexibility index (Phi) is 4.31. The average Bonchev–Trinajstić information content (AvgIpc) is 2.26. The van der Waals surface area contributed by atoms with Gasteiger partial charge in [-0.3, -0.25) is 4.79 Å². The molecule has 0 aliphatic rings. The fourth-order valence-electron chi connectivity index (χ4n) is 1.48. The lowest BCUT2D eigenvalue weighted by Gasteiger charge is -2.16. The van der Waals surface area contributed by atoms with Crippen molar-refractivity contribution in [2.45, 2.75) is 18.9 Å². The number of benzene rings is 1. The van der Waals surface area contributed by atoms with E-state index in [0.717, 1.165) is 11.3 Å². The molecular weight excluding hydrogens is 204 g/mol. The fraction of sp³-hybridized carbons (Fsp3) is 0.417. The number of rotatable bonds is 5. The molecule has 0 saturated heterocycles. The molecule has 0 aliphatic carbocycles. The van der Waals surface area contributed by atoms with Crippen LogP contribution in [0.4, 0.5) is 5.69 Å². The highest BCUT2D eigenvalue weighted by molar-refractivity contribution is 5.66. The monoisotopic (exact) mass is 222 g/mol. The predicted octanol–water partition coefficient (Wildman–Crippen LogP) is 1.62. The third kappa shape index (κ3) is 3.55. The van der Waals surface area contributed by atoms with Crippen molar-refractivity contribution in [3.8, 4) is 0 Å². The molecule has 1 rings (SSSR count). The van der Waals surface area contributed by atoms with E-state index < -0.39 is 5.97 Å². The normalized spacial score (nSPS) is 12.2. The Morgan fingerprint density at radius 3 is 2.75 bits per heavy atom. The molecule has 0 bridgehead atoms. The molecule has 1 atom stereocenters. The Labute approximate surface area is 95.7 Å². The van der Waals surface area contributed by atoms with Gasteiger partial charge in [0.15, 0.2) is 0 Å². The van der Waals surface area contributed by atoms with Gasteiger partial charge in [0.1, 0.15) is 0 Å². The first kappa shape index (κ1) is 12.5. The lowest BCUT2D eigenvalue weighted by atomic mass is 10.0. The van der Waals surface area contributed by atoms with Crippen LogP contribution < -0.4 is 10.6 Å². The molecule has 0 aliphatic heterocycles. The van der Waals surface area contributed by atoms with E-state index in [9.17, 15) is 4.79 Å². The maximum Gasteiger partial charge on any atom is 0.303 e. The summed E-state index contributed by atoms with van der Waals surface area (Å²) in [5.74, 6) is -0.806. The highest BCUT2D eigenvalue weighted by atomic mass is 16.4. The zero-order valence-electron chi connectivity index (χ0n) is 9.68. The van der Waals surface area contributed by atoms with E-state index in [1.54, 1.807) is 0 Å². The molecule has 1 aromatic rings. The summed E-state index contributed by atoms with van der Waals surface area (Å²) >= 11 is 0. The lowest BCUT2D eigenvalue weighted by molar-refractivity contribution is -0.137. The van der Waals surface area contributed by atoms with Gasteiger partial charge in [0.25, 0.3) is 0 Å². The first-order valence-corrected chi connectivity index (χ1v) is 5.25. The Morgan fingerprint density at radius 1 is 1.50 bits per heavy atom. The molecule has 0 radical (unpaired) electrons. The maximum absolute atomic E-state index is 10.4. The van der Waals surface area contributed by atoms with E-state index >= 15 is 0 Å². The number of nitrogens with two attached hydrogens (primary N) is 1. The number of nitrogens with zero attached hydrogens (tertiary/aromatic N) is 1. The number of hydrogen-bond donors (Lipinski definition) is 2. The molecular formula is C12H18N2O2. The highest BCUT2D eigenvalue weighted by Crippen LogP contribution is 2.20. The van der Waals surface area contributed by atoms with Gasteiger partial charge < -0.3 is 15.7 Å². The van der Waals surface area contributed by atoms with Gasteiger partial charge in [-0.25, -0.2) is 0 Å². The van der Waals surface area contributed by atoms with Crippen molar-refractivity contribution in [2.75, 3.05) is 19.0 Å². The molecule has 0 aromatic heterocycles. The van der Waals surface area contributed by atoms with Crippen LogP contribution in [0.5, 0.6) is 0 Å². The van der Waals surface area contributed by atoms with Crippen LogP contribution >= 0.6 is 0 Å². The third-order valence-corrected chi connectivity index (χ3v) is 2.48. The number of aliphatic carboxylic acids is 1. The summed E-state index contributed by atoms with van der Waals surface area (Å²) in [6, 6.07) is 7.64. The number of carbonyl (C=O) groups is 1. The summed E-state index contributed by atoms with van der Waals surface area (Å²) in [6.45, 7) is 0. The van der Waals surface area contributed by atoms with E-state index in [2.05, 4.69) is 0 Å². The maximum atomic E-state index is 10.4. The van der Waals surface area contributed by atoms with Gasteiger partial charge in [-0.2, -0.15) is 0 Å². The molecule has 4 nitrogen and oxygen atoms in total. The number of carboxylic acid groups (broad SMARTS) is 1. The van der Waals surface area contributed by atoms with Crippen molar-refractivity contribution in [2.24, 2.45) is 5.73 Å². The van der Waals surface area contributed by atoms with Gasteiger partial charge in [-0.05, 0) is 24.1 Å². The summed E-state index contributed by atoms with van der Waals surface area (Å²) in [4.78, 5) is 12.4. The molecule has 0 amide bonds. The quantitative estimate of drug-likeness (QED) is 0.794. The van der Waals surface area contributed by atoms with E-state index in [1.165, 1.54) is 0 Å². The minimum Gasteiger partial charge on any atom is -0.481 e. The first-order valence-electron chi connectivity index (χ1n) is 5.25. The summed E-state index contributed by atoms with van der Waals surface area (Å²) < 4.78 is 0. The van der Waals surface area contributed by atoms with Gasteiger partial charge in [0, 0.05) is 32.2 Å². The average molecular weight is 222 g/mol. The van der Waals surface area contributed by atoms with Crippen LogP contribution in [0.15, 0.2) is 24.3 Å². The largest absolute Gasteiger partial charge is 0.481 e. The number of hydrogen-bond acceptors (Lipinski definition) is 3. The molecule has 3 N–H and O–H groups in total. The first-order chi connectivity index (χ1) is 7.50. The van der Waals surface area contributed by atoms with Crippen molar-refractivity contribution >= 4 is 11.7 Å². The molecule has 0 spiro atoms. The Balaban J connectivity index is 2.71. The van der Waals surface area contributed by atoms with Crippen molar-refractivity contribution in [3.63, 3.8) is 0 Å². The van der Waals surface area contributed by atoms with Crippen LogP contribution in [0.3, 0.4) is 0 Å². The van der Waals surface area contributed by atoms with Crippen molar-refractivity contribution in [1.29, 1.82) is 0 Å². The molecule has 1 aromatic carbocycles. The van der Waals surface area contributed by atoms with Crippen LogP contribution in [0.1, 0.15) is 24.4 Å². The minimum absolute atomic E-state index is 0.105. The van der Waals surface area contributed by atoms with Crippen LogP contribution in [0.25, 0.3) is 0 Å². The summed E-state index contributed by atoms with van der Waals surface area (Å²) in [6.07, 6.45) is 0.569. The molecule has 0 heterocycles. The fourth-order valence-corrected chi connectivity index (χ4v) is 1.48. The standard InChI is InChI=1S/C12H18N2O2/c1-14(2)10-5-3-4-9(8-10)11(13)6-7-12(15)16/h3-5,8,11H,6-7,13H2,1-2H3,(H,15,16). The number of anilines is 1. The minimum atomic E-state index is -0.806. The zero-order valence-corrected chi connectivity index (χ0v) is 9.68. The van der Waals surface area contributed by atoms with Gasteiger partial charge >= 0.3 is 5.97 Å². The Bertz CT molecular complexity index is 364. The Hall–Kier alpha value is -1.55. The Morgan fingerprint density at radius 2 is 2.19 bits per heavy atom. The van der Waals surface area contributed by atoms with Crippen molar-refractivity contribution < 1.29 is 9.90 Å². The third-order valence-electron chi connectivity index (χ3n) is 2.48. The molecule has 4 heteroatoms. The summed E-state index contributed by atoms with van der Waals surface area (Å²) in [5, 5.41) is 8.59.